The van der Waals surface area contributed by atoms with E-state index in [1.54, 1.807) is 0 Å². The van der Waals surface area contributed by atoms with Crippen molar-refractivity contribution in [2.24, 2.45) is 5.92 Å². The van der Waals surface area contributed by atoms with E-state index in [2.05, 4.69) is 56.3 Å². The second-order valence-electron chi connectivity index (χ2n) is 7.44. The maximum absolute atomic E-state index is 4.68. The summed E-state index contributed by atoms with van der Waals surface area (Å²) in [5, 5.41) is 11.8. The molecule has 1 aliphatic carbocycles. The molecule has 1 aliphatic rings. The largest absolute Gasteiger partial charge is 0.320 e. The Morgan fingerprint density at radius 3 is 3.12 bits per heavy atom. The molecule has 3 rings (SSSR count). The monoisotopic (exact) mass is 356 g/mol. The number of aryl methyl sites for hydroxylation is 1. The second kappa shape index (κ2) is 9.24. The molecule has 26 heavy (non-hydrogen) atoms. The molecule has 2 heterocycles. The van der Waals surface area contributed by atoms with Crippen LogP contribution in [0.25, 0.3) is 0 Å². The summed E-state index contributed by atoms with van der Waals surface area (Å²) in [6.45, 7) is 5.11. The van der Waals surface area contributed by atoms with Crippen LogP contribution in [0.3, 0.4) is 0 Å². The number of aromatic nitrogens is 4. The van der Waals surface area contributed by atoms with E-state index in [4.69, 9.17) is 0 Å². The van der Waals surface area contributed by atoms with Crippen molar-refractivity contribution < 1.29 is 0 Å². The zero-order chi connectivity index (χ0) is 18.4. The van der Waals surface area contributed by atoms with Crippen LogP contribution < -0.4 is 5.32 Å². The molecule has 1 N–H and O–H groups in total. The first-order valence-electron chi connectivity index (χ1n) is 9.88. The van der Waals surface area contributed by atoms with Crippen LogP contribution in [0.4, 0.5) is 0 Å². The smallest absolute Gasteiger partial charge is 0.0738 e. The average Bonchev–Trinajstić information content (AvgIpc) is 3.11. The van der Waals surface area contributed by atoms with E-state index >= 15 is 0 Å². The molecule has 0 fully saturated rings. The van der Waals surface area contributed by atoms with Crippen molar-refractivity contribution >= 4 is 0 Å². The lowest BCUT2D eigenvalue weighted by molar-refractivity contribution is 0.201. The summed E-state index contributed by atoms with van der Waals surface area (Å²) >= 11 is 0. The normalized spacial score (nSPS) is 18.1. The predicted molar refractivity (Wildman–Crippen MR) is 104 cm³/mol. The molecule has 0 bridgehead atoms. The fourth-order valence-electron chi connectivity index (χ4n) is 3.95. The van der Waals surface area contributed by atoms with E-state index in [1.807, 2.05) is 19.4 Å². The number of nitrogens with zero attached hydrogens (tertiary/aromatic N) is 5. The molecule has 0 saturated carbocycles. The topological polar surface area (TPSA) is 58.9 Å². The predicted octanol–water partition coefficient (Wildman–Crippen LogP) is 2.82. The SMILES string of the molecule is CCC(CCNC)Cn1nncc1CN(C)C1CCCc2cccnc21. The Hall–Kier alpha value is -1.79. The van der Waals surface area contributed by atoms with Crippen molar-refractivity contribution in [1.82, 2.24) is 30.2 Å². The summed E-state index contributed by atoms with van der Waals surface area (Å²) in [6.07, 6.45) is 9.72. The maximum atomic E-state index is 4.68. The number of pyridine rings is 1. The fraction of sp³-hybridized carbons (Fsp3) is 0.650. The first kappa shape index (κ1) is 19.0. The highest BCUT2D eigenvalue weighted by Crippen LogP contribution is 2.32. The average molecular weight is 357 g/mol. The van der Waals surface area contributed by atoms with E-state index < -0.39 is 0 Å². The first-order chi connectivity index (χ1) is 12.7. The van der Waals surface area contributed by atoms with Crippen LogP contribution in [0.1, 0.15) is 55.6 Å². The van der Waals surface area contributed by atoms with Gasteiger partial charge in [-0.1, -0.05) is 24.6 Å². The molecule has 0 radical (unpaired) electrons. The molecular formula is C20H32N6. The Labute approximate surface area is 157 Å². The third-order valence-corrected chi connectivity index (χ3v) is 5.62. The van der Waals surface area contributed by atoms with Gasteiger partial charge >= 0.3 is 0 Å². The lowest BCUT2D eigenvalue weighted by atomic mass is 9.91. The van der Waals surface area contributed by atoms with Gasteiger partial charge in [-0.2, -0.15) is 0 Å². The van der Waals surface area contributed by atoms with Crippen LogP contribution in [0.15, 0.2) is 24.5 Å². The highest BCUT2D eigenvalue weighted by Gasteiger charge is 2.25. The molecule has 2 unspecified atom stereocenters. The molecule has 6 heteroatoms. The van der Waals surface area contributed by atoms with Gasteiger partial charge < -0.3 is 5.32 Å². The van der Waals surface area contributed by atoms with Crippen molar-refractivity contribution in [1.29, 1.82) is 0 Å². The van der Waals surface area contributed by atoms with E-state index in [1.165, 1.54) is 36.2 Å². The van der Waals surface area contributed by atoms with Crippen LogP contribution in [0.2, 0.25) is 0 Å². The summed E-state index contributed by atoms with van der Waals surface area (Å²) in [6, 6.07) is 4.66. The molecule has 142 valence electrons. The van der Waals surface area contributed by atoms with Crippen LogP contribution in [-0.4, -0.2) is 45.5 Å². The zero-order valence-corrected chi connectivity index (χ0v) is 16.4. The summed E-state index contributed by atoms with van der Waals surface area (Å²) in [5.41, 5.74) is 3.85. The summed E-state index contributed by atoms with van der Waals surface area (Å²) < 4.78 is 2.10. The lowest BCUT2D eigenvalue weighted by Crippen LogP contribution is -2.29. The lowest BCUT2D eigenvalue weighted by Gasteiger charge is -2.32. The molecule has 0 aliphatic heterocycles. The van der Waals surface area contributed by atoms with E-state index in [0.717, 1.165) is 32.5 Å². The number of hydrogen-bond donors (Lipinski definition) is 1. The molecule has 0 saturated heterocycles. The van der Waals surface area contributed by atoms with Crippen LogP contribution in [0.5, 0.6) is 0 Å². The van der Waals surface area contributed by atoms with Crippen molar-refractivity contribution in [2.45, 2.75) is 58.2 Å². The van der Waals surface area contributed by atoms with Gasteiger partial charge in [0.25, 0.3) is 0 Å². The minimum absolute atomic E-state index is 0.384. The molecule has 2 aromatic heterocycles. The fourth-order valence-corrected chi connectivity index (χ4v) is 3.95. The number of nitrogens with one attached hydrogen (secondary N) is 1. The molecule has 0 aromatic carbocycles. The van der Waals surface area contributed by atoms with Gasteiger partial charge in [-0.15, -0.1) is 5.10 Å². The first-order valence-corrected chi connectivity index (χ1v) is 9.88. The molecular weight excluding hydrogens is 324 g/mol. The molecule has 0 spiro atoms. The van der Waals surface area contributed by atoms with Crippen LogP contribution in [0, 0.1) is 5.92 Å². The van der Waals surface area contributed by atoms with Gasteiger partial charge in [0.05, 0.1) is 23.6 Å². The molecule has 2 atom stereocenters. The van der Waals surface area contributed by atoms with Gasteiger partial charge in [0.1, 0.15) is 0 Å². The van der Waals surface area contributed by atoms with Gasteiger partial charge in [0, 0.05) is 19.3 Å². The van der Waals surface area contributed by atoms with Crippen LogP contribution >= 0.6 is 0 Å². The maximum Gasteiger partial charge on any atom is 0.0738 e. The Morgan fingerprint density at radius 1 is 1.42 bits per heavy atom. The summed E-state index contributed by atoms with van der Waals surface area (Å²) in [4.78, 5) is 7.09. The van der Waals surface area contributed by atoms with Crippen molar-refractivity contribution in [3.8, 4) is 0 Å². The van der Waals surface area contributed by atoms with Gasteiger partial charge in [-0.3, -0.25) is 9.88 Å². The van der Waals surface area contributed by atoms with Crippen molar-refractivity contribution in [3.05, 3.63) is 41.5 Å². The Morgan fingerprint density at radius 2 is 2.31 bits per heavy atom. The summed E-state index contributed by atoms with van der Waals surface area (Å²) in [5.74, 6) is 0.630. The molecule has 0 amide bonds. The Balaban J connectivity index is 1.67. The minimum atomic E-state index is 0.384. The van der Waals surface area contributed by atoms with Gasteiger partial charge in [-0.25, -0.2) is 4.68 Å². The van der Waals surface area contributed by atoms with Gasteiger partial charge in [0.2, 0.25) is 0 Å². The third kappa shape index (κ3) is 4.48. The second-order valence-corrected chi connectivity index (χ2v) is 7.44. The summed E-state index contributed by atoms with van der Waals surface area (Å²) in [7, 11) is 4.21. The number of rotatable bonds is 9. The quantitative estimate of drug-likeness (QED) is 0.749. The number of hydrogen-bond acceptors (Lipinski definition) is 5. The van der Waals surface area contributed by atoms with E-state index in [9.17, 15) is 0 Å². The minimum Gasteiger partial charge on any atom is -0.320 e. The molecule has 2 aromatic rings. The standard InChI is InChI=1S/C20H32N6/c1-4-16(10-12-21-2)14-26-18(13-23-24-26)15-25(3)19-9-5-7-17-8-6-11-22-20(17)19/h6,8,11,13,16,19,21H,4-5,7,9-10,12,14-15H2,1-3H3. The van der Waals surface area contributed by atoms with Gasteiger partial charge in [-0.05, 0) is 63.9 Å². The van der Waals surface area contributed by atoms with E-state index in [-0.39, 0.29) is 0 Å². The Bertz CT molecular complexity index is 682. The Kier molecular flexibility index (Phi) is 6.74. The van der Waals surface area contributed by atoms with Gasteiger partial charge in [0.15, 0.2) is 0 Å². The van der Waals surface area contributed by atoms with E-state index in [0.29, 0.717) is 12.0 Å². The van der Waals surface area contributed by atoms with Crippen molar-refractivity contribution in [2.75, 3.05) is 20.6 Å². The van der Waals surface area contributed by atoms with Crippen molar-refractivity contribution in [3.63, 3.8) is 0 Å². The highest BCUT2D eigenvalue weighted by molar-refractivity contribution is 5.25. The molecule has 6 nitrogen and oxygen atoms in total. The highest BCUT2D eigenvalue weighted by atomic mass is 15.4. The number of fused-ring (bicyclic) bond motifs is 1. The third-order valence-electron chi connectivity index (χ3n) is 5.62. The van der Waals surface area contributed by atoms with Crippen LogP contribution in [-0.2, 0) is 19.5 Å². The zero-order valence-electron chi connectivity index (χ0n) is 16.4.